The molecule has 44 heavy (non-hydrogen) atoms. The number of esters is 1. The van der Waals surface area contributed by atoms with Gasteiger partial charge in [0, 0.05) is 44.7 Å². The number of amides is 1. The van der Waals surface area contributed by atoms with Crippen molar-refractivity contribution in [2.24, 2.45) is 54.0 Å². The Labute approximate surface area is 265 Å². The Morgan fingerprint density at radius 3 is 2.34 bits per heavy atom. The van der Waals surface area contributed by atoms with Crippen molar-refractivity contribution in [2.75, 3.05) is 20.3 Å². The van der Waals surface area contributed by atoms with E-state index in [0.717, 1.165) is 30.5 Å². The van der Waals surface area contributed by atoms with Gasteiger partial charge in [-0.05, 0) is 92.2 Å². The van der Waals surface area contributed by atoms with Crippen molar-refractivity contribution >= 4 is 22.8 Å². The number of nitrogens with zero attached hydrogens (tertiary/aromatic N) is 2. The van der Waals surface area contributed by atoms with Crippen LogP contribution in [-0.4, -0.2) is 60.1 Å². The highest BCUT2D eigenvalue weighted by Gasteiger charge is 2.35. The number of nitrogens with two attached hydrogens (primary N) is 2. The van der Waals surface area contributed by atoms with Crippen molar-refractivity contribution in [3.8, 4) is 0 Å². The van der Waals surface area contributed by atoms with Crippen molar-refractivity contribution in [3.05, 3.63) is 29.5 Å². The van der Waals surface area contributed by atoms with Crippen LogP contribution in [0.3, 0.4) is 0 Å². The summed E-state index contributed by atoms with van der Waals surface area (Å²) in [6.07, 6.45) is 5.40. The predicted octanol–water partition coefficient (Wildman–Crippen LogP) is 4.77. The molecular formula is C35H59N5O4. The van der Waals surface area contributed by atoms with Gasteiger partial charge in [-0.3, -0.25) is 14.3 Å². The number of carbonyl (C=O) groups is 2. The molecule has 5 atom stereocenters. The van der Waals surface area contributed by atoms with Gasteiger partial charge in [-0.2, -0.15) is 5.10 Å². The van der Waals surface area contributed by atoms with E-state index >= 15 is 0 Å². The highest BCUT2D eigenvalue weighted by molar-refractivity contribution is 5.83. The summed E-state index contributed by atoms with van der Waals surface area (Å²) in [5, 5.41) is 9.09. The first-order valence-electron chi connectivity index (χ1n) is 16.7. The summed E-state index contributed by atoms with van der Waals surface area (Å²) in [6.45, 7) is 13.7. The summed E-state index contributed by atoms with van der Waals surface area (Å²) in [6, 6.07) is 5.43. The zero-order valence-corrected chi connectivity index (χ0v) is 28.5. The molecule has 5 N–H and O–H groups in total. The standard InChI is InChI=1S/C35H59N5O4/c1-21(2)26(16-25-13-14-31-28(17-25)30(39-40(31)7)10-9-15-43-8)18-29(36)32(44-35(42)33(37)23(5)6)19-27(22(3)4)34(41)38-20-24-11-12-24/h13-14,17,21-24,26-27,29,32-33H,9-12,15-16,18-20,36-37H2,1-8H3,(H,38,41)/t26?,27-,29-,32-,33-/m0/s1. The molecule has 2 aromatic rings. The lowest BCUT2D eigenvalue weighted by molar-refractivity contribution is -0.155. The summed E-state index contributed by atoms with van der Waals surface area (Å²) < 4.78 is 13.3. The minimum absolute atomic E-state index is 0.0137. The molecule has 1 aliphatic rings. The Morgan fingerprint density at radius 1 is 1.05 bits per heavy atom. The van der Waals surface area contributed by atoms with Gasteiger partial charge in [0.2, 0.25) is 5.91 Å². The predicted molar refractivity (Wildman–Crippen MR) is 177 cm³/mol. The molecule has 9 heteroatoms. The average Bonchev–Trinajstić information content (AvgIpc) is 3.75. The number of aryl methyl sites for hydroxylation is 2. The zero-order valence-electron chi connectivity index (χ0n) is 28.5. The van der Waals surface area contributed by atoms with Crippen molar-refractivity contribution in [3.63, 3.8) is 0 Å². The summed E-state index contributed by atoms with van der Waals surface area (Å²) in [4.78, 5) is 26.4. The lowest BCUT2D eigenvalue weighted by atomic mass is 9.80. The van der Waals surface area contributed by atoms with E-state index in [-0.39, 0.29) is 29.6 Å². The lowest BCUT2D eigenvalue weighted by Crippen LogP contribution is -2.48. The number of ether oxygens (including phenoxy) is 2. The molecule has 1 aliphatic carbocycles. The van der Waals surface area contributed by atoms with Gasteiger partial charge in [-0.15, -0.1) is 0 Å². The summed E-state index contributed by atoms with van der Waals surface area (Å²) in [7, 11) is 3.71. The molecule has 1 aromatic carbocycles. The first-order valence-corrected chi connectivity index (χ1v) is 16.7. The number of carbonyl (C=O) groups excluding carboxylic acids is 2. The van der Waals surface area contributed by atoms with E-state index in [1.165, 1.54) is 23.8 Å². The Bertz CT molecular complexity index is 1210. The van der Waals surface area contributed by atoms with Crippen LogP contribution in [-0.2, 0) is 39.0 Å². The van der Waals surface area contributed by atoms with E-state index in [1.54, 1.807) is 7.11 Å². The molecule has 3 rings (SSSR count). The fraction of sp³-hybridized carbons (Fsp3) is 0.743. The Hall–Kier alpha value is -2.49. The number of hydrogen-bond acceptors (Lipinski definition) is 7. The fourth-order valence-electron chi connectivity index (χ4n) is 5.92. The Balaban J connectivity index is 1.80. The molecule has 1 heterocycles. The number of aromatic nitrogens is 2. The molecule has 1 unspecified atom stereocenters. The summed E-state index contributed by atoms with van der Waals surface area (Å²) >= 11 is 0. The van der Waals surface area contributed by atoms with E-state index < -0.39 is 24.2 Å². The topological polar surface area (TPSA) is 134 Å². The van der Waals surface area contributed by atoms with Crippen molar-refractivity contribution in [1.82, 2.24) is 15.1 Å². The van der Waals surface area contributed by atoms with Crippen LogP contribution >= 0.6 is 0 Å². The Morgan fingerprint density at radius 2 is 1.75 bits per heavy atom. The van der Waals surface area contributed by atoms with Crippen molar-refractivity contribution < 1.29 is 19.1 Å². The highest BCUT2D eigenvalue weighted by atomic mass is 16.5. The van der Waals surface area contributed by atoms with Crippen LogP contribution in [0.4, 0.5) is 0 Å². The molecule has 1 aromatic heterocycles. The fourth-order valence-corrected chi connectivity index (χ4v) is 5.92. The first-order chi connectivity index (χ1) is 20.8. The highest BCUT2D eigenvalue weighted by Crippen LogP contribution is 2.30. The Kier molecular flexibility index (Phi) is 13.7. The third-order valence-electron chi connectivity index (χ3n) is 9.39. The van der Waals surface area contributed by atoms with E-state index in [2.05, 4.69) is 37.4 Å². The van der Waals surface area contributed by atoms with Crippen molar-refractivity contribution in [1.29, 1.82) is 0 Å². The maximum absolute atomic E-state index is 13.3. The average molecular weight is 614 g/mol. The SMILES string of the molecule is COCCCc1nn(C)c2ccc(CC(C[C@H](N)[C@H](C[C@H](C(=O)NCC3CC3)C(C)C)OC(=O)[C@@H](N)C(C)C)C(C)C)cc12. The maximum atomic E-state index is 13.3. The number of fused-ring (bicyclic) bond motifs is 1. The quantitative estimate of drug-likeness (QED) is 0.154. The maximum Gasteiger partial charge on any atom is 0.323 e. The molecule has 0 radical (unpaired) electrons. The summed E-state index contributed by atoms with van der Waals surface area (Å²) in [5.74, 6) is 0.450. The van der Waals surface area contributed by atoms with Gasteiger partial charge in [0.1, 0.15) is 12.1 Å². The number of nitrogens with one attached hydrogen (secondary N) is 1. The van der Waals surface area contributed by atoms with Crippen LogP contribution in [0.25, 0.3) is 10.9 Å². The largest absolute Gasteiger partial charge is 0.460 e. The molecule has 0 aliphatic heterocycles. The minimum atomic E-state index is -0.740. The normalized spacial score (nSPS) is 17.2. The summed E-state index contributed by atoms with van der Waals surface area (Å²) in [5.41, 5.74) is 16.6. The molecule has 1 fully saturated rings. The van der Waals surface area contributed by atoms with E-state index in [1.807, 2.05) is 39.4 Å². The smallest absolute Gasteiger partial charge is 0.323 e. The number of benzene rings is 1. The second-order valence-corrected chi connectivity index (χ2v) is 14.1. The number of hydrogen-bond donors (Lipinski definition) is 3. The molecule has 1 amide bonds. The first kappa shape index (κ1) is 36.0. The molecule has 1 saturated carbocycles. The monoisotopic (exact) mass is 613 g/mol. The van der Waals surface area contributed by atoms with Crippen LogP contribution in [0, 0.1) is 35.5 Å². The van der Waals surface area contributed by atoms with Gasteiger partial charge in [-0.25, -0.2) is 0 Å². The van der Waals surface area contributed by atoms with Gasteiger partial charge in [-0.1, -0.05) is 47.6 Å². The second kappa shape index (κ2) is 16.7. The minimum Gasteiger partial charge on any atom is -0.460 e. The molecule has 0 bridgehead atoms. The van der Waals surface area contributed by atoms with Crippen LogP contribution in [0.5, 0.6) is 0 Å². The van der Waals surface area contributed by atoms with E-state index in [4.69, 9.17) is 26.0 Å². The van der Waals surface area contributed by atoms with Crippen LogP contribution < -0.4 is 16.8 Å². The molecule has 248 valence electrons. The number of rotatable bonds is 19. The van der Waals surface area contributed by atoms with E-state index in [0.29, 0.717) is 37.8 Å². The van der Waals surface area contributed by atoms with Gasteiger partial charge in [0.05, 0.1) is 11.2 Å². The van der Waals surface area contributed by atoms with Gasteiger partial charge >= 0.3 is 5.97 Å². The molecule has 0 saturated heterocycles. The van der Waals surface area contributed by atoms with Gasteiger partial charge < -0.3 is 26.3 Å². The van der Waals surface area contributed by atoms with Crippen LogP contribution in [0.15, 0.2) is 18.2 Å². The lowest BCUT2D eigenvalue weighted by Gasteiger charge is -2.33. The van der Waals surface area contributed by atoms with E-state index in [9.17, 15) is 9.59 Å². The van der Waals surface area contributed by atoms with Gasteiger partial charge in [0.25, 0.3) is 0 Å². The molecule has 0 spiro atoms. The second-order valence-electron chi connectivity index (χ2n) is 14.1. The van der Waals surface area contributed by atoms with Crippen LogP contribution in [0.2, 0.25) is 0 Å². The van der Waals surface area contributed by atoms with Gasteiger partial charge in [0.15, 0.2) is 0 Å². The van der Waals surface area contributed by atoms with Crippen molar-refractivity contribution in [2.45, 2.75) is 105 Å². The number of methoxy groups -OCH3 is 1. The van der Waals surface area contributed by atoms with Crippen LogP contribution in [0.1, 0.15) is 84.9 Å². The molecule has 9 nitrogen and oxygen atoms in total. The molecular weight excluding hydrogens is 554 g/mol. The third kappa shape index (κ3) is 10.3. The third-order valence-corrected chi connectivity index (χ3v) is 9.39. The zero-order chi connectivity index (χ0) is 32.6.